The minimum absolute atomic E-state index is 0.410. The molecular formula is C9H15N3. The number of nitrogens with one attached hydrogen (secondary N) is 1. The summed E-state index contributed by atoms with van der Waals surface area (Å²) in [7, 11) is 0. The topological polar surface area (TPSA) is 64.1 Å². The van der Waals surface area contributed by atoms with Crippen LogP contribution < -0.4 is 16.8 Å². The summed E-state index contributed by atoms with van der Waals surface area (Å²) in [5.74, 6) is 0. The van der Waals surface area contributed by atoms with Gasteiger partial charge >= 0.3 is 0 Å². The average molecular weight is 165 g/mol. The lowest BCUT2D eigenvalue weighted by Crippen LogP contribution is -2.10. The van der Waals surface area contributed by atoms with Crippen LogP contribution in [0, 0.1) is 0 Å². The van der Waals surface area contributed by atoms with E-state index in [-0.39, 0.29) is 0 Å². The van der Waals surface area contributed by atoms with Crippen LogP contribution in [0.25, 0.3) is 0 Å². The van der Waals surface area contributed by atoms with E-state index in [1.54, 1.807) is 6.07 Å². The third-order valence-electron chi connectivity index (χ3n) is 1.54. The van der Waals surface area contributed by atoms with Gasteiger partial charge < -0.3 is 16.8 Å². The first-order chi connectivity index (χ1) is 5.59. The van der Waals surface area contributed by atoms with Gasteiger partial charge in [-0.2, -0.15) is 0 Å². The van der Waals surface area contributed by atoms with Gasteiger partial charge in [0.1, 0.15) is 0 Å². The van der Waals surface area contributed by atoms with Crippen LogP contribution in [0.2, 0.25) is 0 Å². The normalized spacial score (nSPS) is 10.2. The van der Waals surface area contributed by atoms with Crippen LogP contribution in [0.5, 0.6) is 0 Å². The Labute approximate surface area is 72.8 Å². The summed E-state index contributed by atoms with van der Waals surface area (Å²) in [6.45, 7) is 4.15. The molecule has 0 amide bonds. The third kappa shape index (κ3) is 2.05. The van der Waals surface area contributed by atoms with Gasteiger partial charge in [-0.1, -0.05) is 0 Å². The van der Waals surface area contributed by atoms with Gasteiger partial charge in [0.05, 0.1) is 11.4 Å². The fourth-order valence-corrected chi connectivity index (χ4v) is 0.998. The molecule has 0 fully saturated rings. The quantitative estimate of drug-likeness (QED) is 0.584. The summed E-state index contributed by atoms with van der Waals surface area (Å²) in [4.78, 5) is 0. The molecule has 1 rings (SSSR count). The Morgan fingerprint density at radius 1 is 1.17 bits per heavy atom. The van der Waals surface area contributed by atoms with E-state index in [9.17, 15) is 0 Å². The number of hydrogen-bond donors (Lipinski definition) is 3. The summed E-state index contributed by atoms with van der Waals surface area (Å²) in [6, 6.07) is 5.98. The zero-order valence-electron chi connectivity index (χ0n) is 7.46. The molecule has 0 aliphatic carbocycles. The SMILES string of the molecule is CC(C)Nc1ccc(N)c(N)c1. The van der Waals surface area contributed by atoms with Gasteiger partial charge in [0.2, 0.25) is 0 Å². The Morgan fingerprint density at radius 3 is 2.33 bits per heavy atom. The molecule has 66 valence electrons. The molecule has 0 spiro atoms. The van der Waals surface area contributed by atoms with Crippen molar-refractivity contribution < 1.29 is 0 Å². The molecule has 0 aliphatic heterocycles. The molecule has 3 nitrogen and oxygen atoms in total. The Balaban J connectivity index is 2.82. The van der Waals surface area contributed by atoms with E-state index in [1.165, 1.54) is 0 Å². The lowest BCUT2D eigenvalue weighted by Gasteiger charge is -2.10. The third-order valence-corrected chi connectivity index (χ3v) is 1.54. The lowest BCUT2D eigenvalue weighted by atomic mass is 10.2. The second-order valence-corrected chi connectivity index (χ2v) is 3.14. The van der Waals surface area contributed by atoms with Crippen LogP contribution in [0.4, 0.5) is 17.1 Å². The molecule has 0 aliphatic rings. The molecule has 5 N–H and O–H groups in total. The van der Waals surface area contributed by atoms with E-state index in [0.717, 1.165) is 5.69 Å². The van der Waals surface area contributed by atoms with Crippen LogP contribution in [-0.4, -0.2) is 6.04 Å². The highest BCUT2D eigenvalue weighted by Gasteiger charge is 1.97. The summed E-state index contributed by atoms with van der Waals surface area (Å²) >= 11 is 0. The van der Waals surface area contributed by atoms with Crippen LogP contribution in [0.15, 0.2) is 18.2 Å². The van der Waals surface area contributed by atoms with Crippen molar-refractivity contribution in [3.8, 4) is 0 Å². The predicted molar refractivity (Wildman–Crippen MR) is 54.0 cm³/mol. The van der Waals surface area contributed by atoms with E-state index in [0.29, 0.717) is 17.4 Å². The Kier molecular flexibility index (Phi) is 2.43. The van der Waals surface area contributed by atoms with E-state index in [4.69, 9.17) is 11.5 Å². The van der Waals surface area contributed by atoms with Crippen molar-refractivity contribution in [2.75, 3.05) is 16.8 Å². The van der Waals surface area contributed by atoms with Crippen molar-refractivity contribution in [3.63, 3.8) is 0 Å². The number of hydrogen-bond acceptors (Lipinski definition) is 3. The van der Waals surface area contributed by atoms with Gasteiger partial charge in [-0.3, -0.25) is 0 Å². The molecule has 3 heteroatoms. The molecule has 1 aromatic rings. The standard InChI is InChI=1S/C9H15N3/c1-6(2)12-7-3-4-8(10)9(11)5-7/h3-6,12H,10-11H2,1-2H3. The monoisotopic (exact) mass is 165 g/mol. The minimum Gasteiger partial charge on any atom is -0.397 e. The van der Waals surface area contributed by atoms with Gasteiger partial charge in [-0.25, -0.2) is 0 Å². The molecular weight excluding hydrogens is 150 g/mol. The maximum Gasteiger partial charge on any atom is 0.0568 e. The van der Waals surface area contributed by atoms with Gasteiger partial charge in [-0.05, 0) is 32.0 Å². The fraction of sp³-hybridized carbons (Fsp3) is 0.333. The number of nitrogens with two attached hydrogens (primary N) is 2. The first-order valence-electron chi connectivity index (χ1n) is 4.01. The van der Waals surface area contributed by atoms with Gasteiger partial charge in [0, 0.05) is 11.7 Å². The highest BCUT2D eigenvalue weighted by Crippen LogP contribution is 2.19. The van der Waals surface area contributed by atoms with Crippen molar-refractivity contribution >= 4 is 17.1 Å². The van der Waals surface area contributed by atoms with Gasteiger partial charge in [0.15, 0.2) is 0 Å². The Hall–Kier alpha value is -1.38. The first-order valence-corrected chi connectivity index (χ1v) is 4.01. The number of nitrogen functional groups attached to an aromatic ring is 2. The number of benzene rings is 1. The molecule has 0 saturated carbocycles. The van der Waals surface area contributed by atoms with Crippen molar-refractivity contribution in [2.24, 2.45) is 0 Å². The minimum atomic E-state index is 0.410. The average Bonchev–Trinajstić information content (AvgIpc) is 1.96. The Morgan fingerprint density at radius 2 is 1.83 bits per heavy atom. The van der Waals surface area contributed by atoms with Crippen LogP contribution in [0.3, 0.4) is 0 Å². The summed E-state index contributed by atoms with van der Waals surface area (Å²) in [5, 5.41) is 3.24. The molecule has 12 heavy (non-hydrogen) atoms. The van der Waals surface area contributed by atoms with E-state index < -0.39 is 0 Å². The second kappa shape index (κ2) is 3.34. The molecule has 0 radical (unpaired) electrons. The van der Waals surface area contributed by atoms with Crippen molar-refractivity contribution in [3.05, 3.63) is 18.2 Å². The zero-order valence-corrected chi connectivity index (χ0v) is 7.46. The van der Waals surface area contributed by atoms with E-state index >= 15 is 0 Å². The zero-order chi connectivity index (χ0) is 9.14. The Bertz CT molecular complexity index is 268. The van der Waals surface area contributed by atoms with Crippen LogP contribution in [-0.2, 0) is 0 Å². The summed E-state index contributed by atoms with van der Waals surface area (Å²) in [6.07, 6.45) is 0. The molecule has 0 atom stereocenters. The van der Waals surface area contributed by atoms with Crippen molar-refractivity contribution in [2.45, 2.75) is 19.9 Å². The number of anilines is 3. The van der Waals surface area contributed by atoms with Crippen LogP contribution in [0.1, 0.15) is 13.8 Å². The number of rotatable bonds is 2. The fourth-order valence-electron chi connectivity index (χ4n) is 0.998. The highest BCUT2D eigenvalue weighted by molar-refractivity contribution is 5.69. The summed E-state index contributed by atoms with van der Waals surface area (Å²) < 4.78 is 0. The van der Waals surface area contributed by atoms with Crippen molar-refractivity contribution in [1.29, 1.82) is 0 Å². The second-order valence-electron chi connectivity index (χ2n) is 3.14. The molecule has 0 bridgehead atoms. The first kappa shape index (κ1) is 8.71. The summed E-state index contributed by atoms with van der Waals surface area (Å²) in [5.41, 5.74) is 13.5. The predicted octanol–water partition coefficient (Wildman–Crippen LogP) is 1.67. The van der Waals surface area contributed by atoms with Crippen LogP contribution >= 0.6 is 0 Å². The van der Waals surface area contributed by atoms with Gasteiger partial charge in [-0.15, -0.1) is 0 Å². The smallest absolute Gasteiger partial charge is 0.0568 e. The maximum absolute atomic E-state index is 5.63. The largest absolute Gasteiger partial charge is 0.397 e. The van der Waals surface area contributed by atoms with Gasteiger partial charge in [0.25, 0.3) is 0 Å². The molecule has 1 aromatic carbocycles. The van der Waals surface area contributed by atoms with E-state index in [2.05, 4.69) is 19.2 Å². The van der Waals surface area contributed by atoms with E-state index in [1.807, 2.05) is 12.1 Å². The van der Waals surface area contributed by atoms with Crippen molar-refractivity contribution in [1.82, 2.24) is 0 Å². The molecule has 0 aromatic heterocycles. The maximum atomic E-state index is 5.63. The molecule has 0 unspecified atom stereocenters. The molecule has 0 saturated heterocycles. The lowest BCUT2D eigenvalue weighted by molar-refractivity contribution is 0.900. The molecule has 0 heterocycles. The highest BCUT2D eigenvalue weighted by atomic mass is 14.9.